The zero-order valence-corrected chi connectivity index (χ0v) is 18.3. The van der Waals surface area contributed by atoms with Gasteiger partial charge < -0.3 is 15.2 Å². The van der Waals surface area contributed by atoms with Gasteiger partial charge in [0.1, 0.15) is 4.90 Å². The number of aromatic nitrogens is 2. The molecule has 178 valence electrons. The van der Waals surface area contributed by atoms with Crippen LogP contribution in [0.3, 0.4) is 0 Å². The van der Waals surface area contributed by atoms with E-state index in [4.69, 9.17) is 9.88 Å². The maximum atomic E-state index is 13.8. The lowest BCUT2D eigenvalue weighted by Gasteiger charge is -2.29. The van der Waals surface area contributed by atoms with Crippen LogP contribution in [-0.4, -0.2) is 37.9 Å². The Balaban J connectivity index is 1.56. The van der Waals surface area contributed by atoms with Crippen molar-refractivity contribution in [1.82, 2.24) is 9.78 Å². The second-order valence-electron chi connectivity index (χ2n) is 8.46. The summed E-state index contributed by atoms with van der Waals surface area (Å²) in [6.45, 7) is 0.883. The first kappa shape index (κ1) is 22.2. The fourth-order valence-electron chi connectivity index (χ4n) is 4.89. The number of halogens is 3. The molecular formula is C20H22F3N5O4S. The van der Waals surface area contributed by atoms with Gasteiger partial charge in [-0.3, -0.25) is 0 Å². The van der Waals surface area contributed by atoms with Gasteiger partial charge in [-0.15, -0.1) is 4.36 Å². The Morgan fingerprint density at radius 2 is 2.09 bits per heavy atom. The molecule has 3 aliphatic rings. The molecule has 2 atom stereocenters. The van der Waals surface area contributed by atoms with Gasteiger partial charge in [0.05, 0.1) is 18.5 Å². The average Bonchev–Trinajstić information content (AvgIpc) is 3.44. The number of alkyl halides is 3. The Hall–Kier alpha value is -2.64. The zero-order valence-electron chi connectivity index (χ0n) is 17.4. The van der Waals surface area contributed by atoms with E-state index in [9.17, 15) is 27.3 Å². The van der Waals surface area contributed by atoms with Gasteiger partial charge in [0, 0.05) is 18.5 Å². The summed E-state index contributed by atoms with van der Waals surface area (Å²) in [5.41, 5.74) is -1.90. The molecule has 2 unspecified atom stereocenters. The molecule has 0 fully saturated rings. The summed E-state index contributed by atoms with van der Waals surface area (Å²) in [6.07, 6.45) is -1.75. The Morgan fingerprint density at radius 3 is 2.85 bits per heavy atom. The van der Waals surface area contributed by atoms with E-state index in [1.54, 1.807) is 6.07 Å². The summed E-state index contributed by atoms with van der Waals surface area (Å²) in [5.74, 6) is 0.151. The van der Waals surface area contributed by atoms with Crippen LogP contribution >= 0.6 is 0 Å². The van der Waals surface area contributed by atoms with Crippen molar-refractivity contribution in [3.05, 3.63) is 34.5 Å². The number of aliphatic hydroxyl groups is 1. The minimum Gasteiger partial charge on any atom is -0.477 e. The van der Waals surface area contributed by atoms with Crippen molar-refractivity contribution >= 4 is 21.6 Å². The van der Waals surface area contributed by atoms with Gasteiger partial charge in [-0.05, 0) is 48.8 Å². The van der Waals surface area contributed by atoms with Crippen LogP contribution in [-0.2, 0) is 41.3 Å². The van der Waals surface area contributed by atoms with Crippen molar-refractivity contribution in [2.24, 2.45) is 9.50 Å². The number of anilines is 1. The molecule has 4 N–H and O–H groups in total. The molecule has 0 saturated heterocycles. The number of nitrogens with zero attached hydrogens (tertiary/aromatic N) is 3. The Kier molecular flexibility index (Phi) is 4.99. The van der Waals surface area contributed by atoms with E-state index < -0.39 is 34.1 Å². The second-order valence-corrected chi connectivity index (χ2v) is 10.2. The summed E-state index contributed by atoms with van der Waals surface area (Å²) in [6, 6.07) is 0.508. The molecule has 1 aromatic carbocycles. The number of aryl methyl sites for hydroxylation is 3. The standard InChI is InChI=1S/C20H22F3N5O4S/c21-20(22,23)19(30)6-5-12-9-11-3-1-4-13(11)16(15(12)19)26-18(29)27-33(24,31)14-10-25-28-7-2-8-32-17(14)28/h9-10,30H,1-8H2,(H3,24,26,27,29,31). The minimum atomic E-state index is -4.93. The SMILES string of the molecule is NS(=O)(=NC(=O)Nc1c2c(cc3c1C(O)(C(F)(F)F)CC3)CCC2)c1cnn2c1OCCC2. The van der Waals surface area contributed by atoms with Crippen LogP contribution in [0, 0.1) is 0 Å². The maximum absolute atomic E-state index is 13.8. The average molecular weight is 485 g/mol. The lowest BCUT2D eigenvalue weighted by atomic mass is 9.90. The lowest BCUT2D eigenvalue weighted by molar-refractivity contribution is -0.265. The number of fused-ring (bicyclic) bond motifs is 3. The van der Waals surface area contributed by atoms with E-state index in [2.05, 4.69) is 14.8 Å². The van der Waals surface area contributed by atoms with E-state index >= 15 is 0 Å². The first-order valence-electron chi connectivity index (χ1n) is 10.5. The Morgan fingerprint density at radius 1 is 1.30 bits per heavy atom. The quantitative estimate of drug-likeness (QED) is 0.602. The third kappa shape index (κ3) is 3.49. The van der Waals surface area contributed by atoms with Crippen LogP contribution < -0.4 is 15.2 Å². The summed E-state index contributed by atoms with van der Waals surface area (Å²) in [5, 5.41) is 22.9. The molecule has 13 heteroatoms. The van der Waals surface area contributed by atoms with Crippen LogP contribution in [0.1, 0.15) is 41.5 Å². The van der Waals surface area contributed by atoms with Gasteiger partial charge in [0.25, 0.3) is 0 Å². The third-order valence-electron chi connectivity index (χ3n) is 6.40. The largest absolute Gasteiger partial charge is 0.477 e. The van der Waals surface area contributed by atoms with Crippen molar-refractivity contribution in [3.8, 4) is 5.88 Å². The lowest BCUT2D eigenvalue weighted by Crippen LogP contribution is -2.41. The number of nitrogens with two attached hydrogens (primary N) is 1. The molecule has 0 spiro atoms. The van der Waals surface area contributed by atoms with E-state index in [0.717, 1.165) is 5.56 Å². The van der Waals surface area contributed by atoms with Crippen molar-refractivity contribution in [2.45, 2.75) is 61.7 Å². The molecule has 2 aromatic rings. The molecule has 2 aliphatic carbocycles. The smallest absolute Gasteiger partial charge is 0.421 e. The molecule has 5 rings (SSSR count). The van der Waals surface area contributed by atoms with Crippen LogP contribution in [0.5, 0.6) is 5.88 Å². The molecular weight excluding hydrogens is 463 g/mol. The normalized spacial score (nSPS) is 23.2. The summed E-state index contributed by atoms with van der Waals surface area (Å²) < 4.78 is 65.1. The number of hydrogen-bond acceptors (Lipinski definition) is 5. The molecule has 0 radical (unpaired) electrons. The van der Waals surface area contributed by atoms with E-state index in [1.165, 1.54) is 10.9 Å². The van der Waals surface area contributed by atoms with E-state index in [-0.39, 0.29) is 28.4 Å². The second kappa shape index (κ2) is 7.43. The number of urea groups is 1. The molecule has 2 heterocycles. The highest BCUT2D eigenvalue weighted by atomic mass is 32.2. The highest BCUT2D eigenvalue weighted by Crippen LogP contribution is 2.53. The summed E-state index contributed by atoms with van der Waals surface area (Å²) in [4.78, 5) is 12.7. The predicted octanol–water partition coefficient (Wildman–Crippen LogP) is 2.78. The van der Waals surface area contributed by atoms with Crippen molar-refractivity contribution < 1.29 is 32.0 Å². The number of hydrogen-bond donors (Lipinski definition) is 3. The Labute approximate surface area is 187 Å². The van der Waals surface area contributed by atoms with Gasteiger partial charge >= 0.3 is 12.2 Å². The number of rotatable bonds is 2. The molecule has 0 saturated carbocycles. The minimum absolute atomic E-state index is 0.0200. The number of amides is 2. The molecule has 2 amide bonds. The van der Waals surface area contributed by atoms with Crippen LogP contribution in [0.25, 0.3) is 0 Å². The predicted molar refractivity (Wildman–Crippen MR) is 111 cm³/mol. The van der Waals surface area contributed by atoms with Crippen molar-refractivity contribution in [3.63, 3.8) is 0 Å². The molecule has 9 nitrogen and oxygen atoms in total. The first-order valence-corrected chi connectivity index (χ1v) is 12.1. The molecule has 33 heavy (non-hydrogen) atoms. The van der Waals surface area contributed by atoms with Crippen LogP contribution in [0.4, 0.5) is 23.7 Å². The monoisotopic (exact) mass is 485 g/mol. The van der Waals surface area contributed by atoms with Crippen LogP contribution in [0.15, 0.2) is 21.5 Å². The third-order valence-corrected chi connectivity index (χ3v) is 7.75. The first-order chi connectivity index (χ1) is 15.5. The van der Waals surface area contributed by atoms with E-state index in [0.29, 0.717) is 50.0 Å². The number of ether oxygens (including phenoxy) is 1. The fraction of sp³-hybridized carbons (Fsp3) is 0.500. The highest BCUT2D eigenvalue weighted by molar-refractivity contribution is 7.91. The molecule has 0 bridgehead atoms. The summed E-state index contributed by atoms with van der Waals surface area (Å²) >= 11 is 0. The Bertz CT molecular complexity index is 1280. The number of benzene rings is 1. The van der Waals surface area contributed by atoms with Crippen LogP contribution in [0.2, 0.25) is 0 Å². The topological polar surface area (TPSA) is 132 Å². The maximum Gasteiger partial charge on any atom is 0.421 e. The summed E-state index contributed by atoms with van der Waals surface area (Å²) in [7, 11) is -3.79. The number of nitrogens with one attached hydrogen (secondary N) is 1. The van der Waals surface area contributed by atoms with Gasteiger partial charge in [-0.2, -0.15) is 18.3 Å². The van der Waals surface area contributed by atoms with Gasteiger partial charge in [-0.1, -0.05) is 6.07 Å². The molecule has 1 aromatic heterocycles. The van der Waals surface area contributed by atoms with Gasteiger partial charge in [0.15, 0.2) is 15.5 Å². The van der Waals surface area contributed by atoms with Crippen molar-refractivity contribution in [1.29, 1.82) is 0 Å². The highest BCUT2D eigenvalue weighted by Gasteiger charge is 2.59. The number of carbonyl (C=O) groups excluding carboxylic acids is 1. The van der Waals surface area contributed by atoms with Crippen molar-refractivity contribution in [2.75, 3.05) is 11.9 Å². The number of carbonyl (C=O) groups is 1. The molecule has 1 aliphatic heterocycles. The van der Waals surface area contributed by atoms with Gasteiger partial charge in [0.2, 0.25) is 5.88 Å². The fourth-order valence-corrected chi connectivity index (χ4v) is 5.89. The zero-order chi connectivity index (χ0) is 23.6. The van der Waals surface area contributed by atoms with E-state index in [1.807, 2.05) is 0 Å². The van der Waals surface area contributed by atoms with Gasteiger partial charge in [-0.25, -0.2) is 18.8 Å².